The third-order valence-corrected chi connectivity index (χ3v) is 4.80. The molecule has 3 rings (SSSR count). The summed E-state index contributed by atoms with van der Waals surface area (Å²) in [5.74, 6) is 0.813. The predicted molar refractivity (Wildman–Crippen MR) is 110 cm³/mol. The van der Waals surface area contributed by atoms with Gasteiger partial charge >= 0.3 is 0 Å². The number of nitriles is 1. The number of ether oxygens (including phenoxy) is 1. The Hall–Kier alpha value is -3.05. The predicted octanol–water partition coefficient (Wildman–Crippen LogP) is 5.95. The van der Waals surface area contributed by atoms with Crippen LogP contribution in [0.2, 0.25) is 0 Å². The average Bonchev–Trinajstić information content (AvgIpc) is 2.66. The maximum Gasteiger partial charge on any atom is 0.132 e. The molecule has 0 aliphatic rings. The zero-order chi connectivity index (χ0) is 19.4. The van der Waals surface area contributed by atoms with Gasteiger partial charge in [-0.25, -0.2) is 0 Å². The molecule has 0 saturated carbocycles. The highest BCUT2D eigenvalue weighted by atomic mass is 16.5. The van der Waals surface area contributed by atoms with E-state index in [1.807, 2.05) is 38.1 Å². The zero-order valence-corrected chi connectivity index (χ0v) is 16.4. The molecule has 2 heteroatoms. The molecule has 0 spiro atoms. The monoisotopic (exact) mass is 355 g/mol. The van der Waals surface area contributed by atoms with Gasteiger partial charge in [-0.3, -0.25) is 0 Å². The molecule has 0 heterocycles. The van der Waals surface area contributed by atoms with Gasteiger partial charge in [0.15, 0.2) is 0 Å². The summed E-state index contributed by atoms with van der Waals surface area (Å²) in [6.07, 6.45) is 0.116. The highest BCUT2D eigenvalue weighted by Gasteiger charge is 2.36. The zero-order valence-electron chi connectivity index (χ0n) is 16.4. The van der Waals surface area contributed by atoms with Gasteiger partial charge in [-0.1, -0.05) is 71.8 Å². The molecule has 0 saturated heterocycles. The van der Waals surface area contributed by atoms with Crippen molar-refractivity contribution in [3.8, 4) is 11.8 Å². The van der Waals surface area contributed by atoms with Gasteiger partial charge in [0.2, 0.25) is 0 Å². The Balaban J connectivity index is 2.19. The second-order valence-corrected chi connectivity index (χ2v) is 7.28. The minimum atomic E-state index is -0.863. The van der Waals surface area contributed by atoms with Gasteiger partial charge in [0.05, 0.1) is 12.2 Å². The summed E-state index contributed by atoms with van der Waals surface area (Å²) in [6, 6.07) is 27.0. The van der Waals surface area contributed by atoms with Crippen molar-refractivity contribution in [3.05, 3.63) is 101 Å². The molecule has 2 nitrogen and oxygen atoms in total. The first kappa shape index (κ1) is 18.7. The summed E-state index contributed by atoms with van der Waals surface area (Å²) in [5.41, 5.74) is 4.37. The van der Waals surface area contributed by atoms with Crippen molar-refractivity contribution in [2.24, 2.45) is 0 Å². The standard InChI is InChI=1S/C25H25NO/c1-18(2)27-24-15-13-23(14-16-24)25(17-26,21-9-5-19(3)6-10-21)22-11-7-20(4)8-12-22/h5-16,18H,1-4H3. The fraction of sp³-hybridized carbons (Fsp3) is 0.240. The smallest absolute Gasteiger partial charge is 0.132 e. The second-order valence-electron chi connectivity index (χ2n) is 7.28. The fourth-order valence-corrected chi connectivity index (χ4v) is 3.36. The van der Waals surface area contributed by atoms with Crippen molar-refractivity contribution < 1.29 is 4.74 Å². The first-order valence-corrected chi connectivity index (χ1v) is 9.28. The Morgan fingerprint density at radius 2 is 1.07 bits per heavy atom. The van der Waals surface area contributed by atoms with Crippen LogP contribution < -0.4 is 4.74 Å². The van der Waals surface area contributed by atoms with Gasteiger partial charge in [0.1, 0.15) is 11.2 Å². The maximum absolute atomic E-state index is 10.4. The molecule has 0 bridgehead atoms. The molecule has 136 valence electrons. The van der Waals surface area contributed by atoms with Crippen LogP contribution in [0, 0.1) is 25.2 Å². The number of hydrogen-bond acceptors (Lipinski definition) is 2. The first-order valence-electron chi connectivity index (χ1n) is 9.28. The Labute approximate surface area is 162 Å². The van der Waals surface area contributed by atoms with Crippen LogP contribution in [0.4, 0.5) is 0 Å². The Kier molecular flexibility index (Phi) is 5.33. The SMILES string of the molecule is Cc1ccc(C(C#N)(c2ccc(C)cc2)c2ccc(OC(C)C)cc2)cc1. The van der Waals surface area contributed by atoms with Crippen molar-refractivity contribution >= 4 is 0 Å². The van der Waals surface area contributed by atoms with Crippen molar-refractivity contribution in [1.29, 1.82) is 5.26 Å². The molecule has 27 heavy (non-hydrogen) atoms. The third-order valence-electron chi connectivity index (χ3n) is 4.80. The molecule has 0 aromatic heterocycles. The van der Waals surface area contributed by atoms with Gasteiger partial charge in [-0.2, -0.15) is 5.26 Å². The van der Waals surface area contributed by atoms with Gasteiger partial charge in [0, 0.05) is 0 Å². The third kappa shape index (κ3) is 3.73. The van der Waals surface area contributed by atoms with E-state index in [0.717, 1.165) is 22.4 Å². The summed E-state index contributed by atoms with van der Waals surface area (Å²) in [5, 5.41) is 10.4. The summed E-state index contributed by atoms with van der Waals surface area (Å²) < 4.78 is 5.78. The largest absolute Gasteiger partial charge is 0.491 e. The lowest BCUT2D eigenvalue weighted by Gasteiger charge is -2.29. The van der Waals surface area contributed by atoms with Crippen LogP contribution in [0.15, 0.2) is 72.8 Å². The van der Waals surface area contributed by atoms with Crippen LogP contribution in [0.25, 0.3) is 0 Å². The molecule has 0 unspecified atom stereocenters. The molecule has 0 amide bonds. The number of aryl methyl sites for hydroxylation is 2. The summed E-state index contributed by atoms with van der Waals surface area (Å²) in [4.78, 5) is 0. The van der Waals surface area contributed by atoms with Crippen LogP contribution in [-0.2, 0) is 5.41 Å². The first-order chi connectivity index (χ1) is 13.0. The Bertz CT molecular complexity index is 884. The lowest BCUT2D eigenvalue weighted by Crippen LogP contribution is -2.27. The van der Waals surface area contributed by atoms with Gasteiger partial charge in [-0.05, 0) is 56.5 Å². The molecule has 3 aromatic carbocycles. The molecule has 0 aliphatic carbocycles. The van der Waals surface area contributed by atoms with Crippen LogP contribution in [0.1, 0.15) is 41.7 Å². The normalized spacial score (nSPS) is 11.3. The summed E-state index contributed by atoms with van der Waals surface area (Å²) in [7, 11) is 0. The van der Waals surface area contributed by atoms with E-state index in [1.165, 1.54) is 11.1 Å². The van der Waals surface area contributed by atoms with Crippen LogP contribution in [0.3, 0.4) is 0 Å². The van der Waals surface area contributed by atoms with Crippen molar-refractivity contribution in [2.75, 3.05) is 0 Å². The van der Waals surface area contributed by atoms with Crippen LogP contribution in [0.5, 0.6) is 5.75 Å². The lowest BCUT2D eigenvalue weighted by atomic mass is 9.70. The average molecular weight is 355 g/mol. The van der Waals surface area contributed by atoms with Gasteiger partial charge in [0.25, 0.3) is 0 Å². The molecule has 3 aromatic rings. The second kappa shape index (κ2) is 7.68. The van der Waals surface area contributed by atoms with Crippen molar-refractivity contribution in [1.82, 2.24) is 0 Å². The van der Waals surface area contributed by atoms with E-state index in [2.05, 4.69) is 68.4 Å². The molecule has 0 aliphatic heterocycles. The Morgan fingerprint density at radius 1 is 0.704 bits per heavy atom. The number of nitrogens with zero attached hydrogens (tertiary/aromatic N) is 1. The molecule has 0 fully saturated rings. The highest BCUT2D eigenvalue weighted by Crippen LogP contribution is 2.39. The topological polar surface area (TPSA) is 33.0 Å². The highest BCUT2D eigenvalue weighted by molar-refractivity contribution is 5.57. The summed E-state index contributed by atoms with van der Waals surface area (Å²) >= 11 is 0. The molecular weight excluding hydrogens is 330 g/mol. The van der Waals surface area contributed by atoms with E-state index in [4.69, 9.17) is 4.74 Å². The number of rotatable bonds is 5. The molecule has 0 N–H and O–H groups in total. The van der Waals surface area contributed by atoms with Crippen LogP contribution >= 0.6 is 0 Å². The van der Waals surface area contributed by atoms with Crippen molar-refractivity contribution in [2.45, 2.75) is 39.2 Å². The quantitative estimate of drug-likeness (QED) is 0.530. The van der Waals surface area contributed by atoms with E-state index >= 15 is 0 Å². The van der Waals surface area contributed by atoms with E-state index < -0.39 is 5.41 Å². The minimum absolute atomic E-state index is 0.116. The Morgan fingerprint density at radius 3 is 1.41 bits per heavy atom. The fourth-order valence-electron chi connectivity index (χ4n) is 3.36. The van der Waals surface area contributed by atoms with Gasteiger partial charge in [-0.15, -0.1) is 0 Å². The molecule has 0 atom stereocenters. The molecular formula is C25H25NO. The van der Waals surface area contributed by atoms with E-state index in [0.29, 0.717) is 0 Å². The number of benzene rings is 3. The summed E-state index contributed by atoms with van der Waals surface area (Å²) in [6.45, 7) is 8.13. The minimum Gasteiger partial charge on any atom is -0.491 e. The van der Waals surface area contributed by atoms with E-state index in [-0.39, 0.29) is 6.10 Å². The van der Waals surface area contributed by atoms with E-state index in [9.17, 15) is 5.26 Å². The lowest BCUT2D eigenvalue weighted by molar-refractivity contribution is 0.242. The van der Waals surface area contributed by atoms with Gasteiger partial charge < -0.3 is 4.74 Å². The van der Waals surface area contributed by atoms with Crippen molar-refractivity contribution in [3.63, 3.8) is 0 Å². The van der Waals surface area contributed by atoms with E-state index in [1.54, 1.807) is 0 Å². The molecule has 0 radical (unpaired) electrons. The van der Waals surface area contributed by atoms with Crippen LogP contribution in [-0.4, -0.2) is 6.10 Å². The number of hydrogen-bond donors (Lipinski definition) is 0. The maximum atomic E-state index is 10.4.